The summed E-state index contributed by atoms with van der Waals surface area (Å²) in [7, 11) is 0. The van der Waals surface area contributed by atoms with E-state index in [9.17, 15) is 0 Å². The molecule has 104 valence electrons. The van der Waals surface area contributed by atoms with Gasteiger partial charge in [0.15, 0.2) is 0 Å². The summed E-state index contributed by atoms with van der Waals surface area (Å²) in [6, 6.07) is 12.2. The number of hydrogen-bond donors (Lipinski definition) is 2. The first kappa shape index (κ1) is 14.3. The second-order valence-corrected chi connectivity index (χ2v) is 5.09. The highest BCUT2D eigenvalue weighted by Crippen LogP contribution is 2.18. The van der Waals surface area contributed by atoms with Gasteiger partial charge in [-0.25, -0.2) is 4.98 Å². The molecular weight excluding hydrogens is 246 g/mol. The average molecular weight is 267 g/mol. The van der Waals surface area contributed by atoms with Gasteiger partial charge >= 0.3 is 0 Å². The van der Waals surface area contributed by atoms with Crippen LogP contribution in [0.4, 0.5) is 5.82 Å². The van der Waals surface area contributed by atoms with Crippen molar-refractivity contribution < 1.29 is 0 Å². The molecule has 1 aromatic heterocycles. The maximum absolute atomic E-state index is 8.40. The molecule has 0 saturated carbocycles. The highest BCUT2D eigenvalue weighted by molar-refractivity contribution is 6.13. The van der Waals surface area contributed by atoms with Gasteiger partial charge in [0.1, 0.15) is 5.82 Å². The predicted molar refractivity (Wildman–Crippen MR) is 84.7 cm³/mol. The average Bonchev–Trinajstić information content (AvgIpc) is 2.48. The Bertz CT molecular complexity index is 587. The molecule has 2 aromatic rings. The van der Waals surface area contributed by atoms with E-state index >= 15 is 0 Å². The summed E-state index contributed by atoms with van der Waals surface area (Å²) in [5.41, 5.74) is 3.46. The lowest BCUT2D eigenvalue weighted by atomic mass is 10.0. The van der Waals surface area contributed by atoms with Crippen molar-refractivity contribution in [3.05, 3.63) is 59.3 Å². The Kier molecular flexibility index (Phi) is 4.51. The van der Waals surface area contributed by atoms with Crippen LogP contribution < -0.4 is 5.32 Å². The Balaban J connectivity index is 2.32. The number of nitrogens with zero attached hydrogens (tertiary/aromatic N) is 1. The molecule has 3 heteroatoms. The highest BCUT2D eigenvalue weighted by atomic mass is 15.0. The summed E-state index contributed by atoms with van der Waals surface area (Å²) >= 11 is 0. The van der Waals surface area contributed by atoms with Crippen molar-refractivity contribution in [1.29, 1.82) is 5.41 Å². The van der Waals surface area contributed by atoms with Crippen LogP contribution in [0.15, 0.2) is 42.6 Å². The second-order valence-electron chi connectivity index (χ2n) is 5.09. The standard InChI is InChI=1S/C17H21N3/c1-4-13(3)20-17-15(6-5-11-19-17)16(18)14-9-7-12(2)8-10-14/h5-11,13,18H,4H2,1-3H3,(H,19,20). The van der Waals surface area contributed by atoms with E-state index in [2.05, 4.69) is 24.1 Å². The van der Waals surface area contributed by atoms with Gasteiger partial charge in [0, 0.05) is 23.4 Å². The zero-order valence-electron chi connectivity index (χ0n) is 12.3. The molecule has 20 heavy (non-hydrogen) atoms. The van der Waals surface area contributed by atoms with Gasteiger partial charge in [0.2, 0.25) is 0 Å². The first-order valence-corrected chi connectivity index (χ1v) is 6.99. The molecule has 1 aromatic carbocycles. The molecule has 1 atom stereocenters. The minimum atomic E-state index is 0.342. The van der Waals surface area contributed by atoms with Gasteiger partial charge in [-0.15, -0.1) is 0 Å². The van der Waals surface area contributed by atoms with Crippen molar-refractivity contribution in [1.82, 2.24) is 4.98 Å². The summed E-state index contributed by atoms with van der Waals surface area (Å²) in [5, 5.41) is 11.8. The number of aromatic nitrogens is 1. The van der Waals surface area contributed by atoms with Gasteiger partial charge in [-0.3, -0.25) is 5.41 Å². The van der Waals surface area contributed by atoms with E-state index in [0.29, 0.717) is 11.8 Å². The fourth-order valence-electron chi connectivity index (χ4n) is 1.93. The number of hydrogen-bond acceptors (Lipinski definition) is 3. The molecule has 3 nitrogen and oxygen atoms in total. The smallest absolute Gasteiger partial charge is 0.135 e. The van der Waals surface area contributed by atoms with E-state index in [1.165, 1.54) is 5.56 Å². The van der Waals surface area contributed by atoms with Crippen molar-refractivity contribution in [3.63, 3.8) is 0 Å². The maximum Gasteiger partial charge on any atom is 0.135 e. The SMILES string of the molecule is CCC(C)Nc1ncccc1C(=N)c1ccc(C)cc1. The van der Waals surface area contributed by atoms with Crippen LogP contribution in [0, 0.1) is 12.3 Å². The van der Waals surface area contributed by atoms with Gasteiger partial charge < -0.3 is 5.32 Å². The third kappa shape index (κ3) is 3.23. The van der Waals surface area contributed by atoms with E-state index in [4.69, 9.17) is 5.41 Å². The van der Waals surface area contributed by atoms with E-state index < -0.39 is 0 Å². The number of nitrogens with one attached hydrogen (secondary N) is 2. The van der Waals surface area contributed by atoms with E-state index in [1.54, 1.807) is 6.20 Å². The molecule has 0 fully saturated rings. The van der Waals surface area contributed by atoms with Crippen molar-refractivity contribution in [2.75, 3.05) is 5.32 Å². The van der Waals surface area contributed by atoms with Gasteiger partial charge in [-0.05, 0) is 32.4 Å². The lowest BCUT2D eigenvalue weighted by Gasteiger charge is -2.16. The molecule has 0 amide bonds. The molecule has 1 unspecified atom stereocenters. The Morgan fingerprint density at radius 1 is 1.25 bits per heavy atom. The van der Waals surface area contributed by atoms with Gasteiger partial charge in [-0.1, -0.05) is 36.8 Å². The normalized spacial score (nSPS) is 11.9. The third-order valence-corrected chi connectivity index (χ3v) is 3.41. The van der Waals surface area contributed by atoms with Crippen LogP contribution in [0.5, 0.6) is 0 Å². The van der Waals surface area contributed by atoms with Crippen LogP contribution in [0.2, 0.25) is 0 Å². The lowest BCUT2D eigenvalue weighted by Crippen LogP contribution is -2.17. The number of anilines is 1. The summed E-state index contributed by atoms with van der Waals surface area (Å²) in [6.07, 6.45) is 2.78. The zero-order valence-corrected chi connectivity index (χ0v) is 12.3. The van der Waals surface area contributed by atoms with Crippen LogP contribution in [-0.4, -0.2) is 16.7 Å². The molecule has 1 heterocycles. The van der Waals surface area contributed by atoms with Crippen LogP contribution in [0.1, 0.15) is 37.0 Å². The predicted octanol–water partition coefficient (Wildman–Crippen LogP) is 4.02. The molecule has 0 saturated heterocycles. The Labute approximate surface area is 120 Å². The monoisotopic (exact) mass is 267 g/mol. The topological polar surface area (TPSA) is 48.8 Å². The van der Waals surface area contributed by atoms with Gasteiger partial charge in [0.25, 0.3) is 0 Å². The molecule has 0 aliphatic carbocycles. The number of benzene rings is 1. The van der Waals surface area contributed by atoms with Crippen LogP contribution in [0.3, 0.4) is 0 Å². The lowest BCUT2D eigenvalue weighted by molar-refractivity contribution is 0.759. The first-order chi connectivity index (χ1) is 9.61. The van der Waals surface area contributed by atoms with Crippen LogP contribution in [-0.2, 0) is 0 Å². The molecule has 2 N–H and O–H groups in total. The maximum atomic E-state index is 8.40. The van der Waals surface area contributed by atoms with Gasteiger partial charge in [-0.2, -0.15) is 0 Å². The van der Waals surface area contributed by atoms with Crippen molar-refractivity contribution in [3.8, 4) is 0 Å². The van der Waals surface area contributed by atoms with Crippen LogP contribution in [0.25, 0.3) is 0 Å². The number of rotatable bonds is 5. The summed E-state index contributed by atoms with van der Waals surface area (Å²) in [4.78, 5) is 4.38. The molecule has 0 spiro atoms. The summed E-state index contributed by atoms with van der Waals surface area (Å²) in [5.74, 6) is 0.785. The van der Waals surface area contributed by atoms with E-state index in [-0.39, 0.29) is 0 Å². The minimum Gasteiger partial charge on any atom is -0.367 e. The van der Waals surface area contributed by atoms with Crippen LogP contribution >= 0.6 is 0 Å². The quantitative estimate of drug-likeness (QED) is 0.804. The molecule has 2 rings (SSSR count). The Hall–Kier alpha value is -2.16. The van der Waals surface area contributed by atoms with Crippen molar-refractivity contribution in [2.24, 2.45) is 0 Å². The van der Waals surface area contributed by atoms with Gasteiger partial charge in [0.05, 0.1) is 5.71 Å². The molecule has 0 aliphatic rings. The number of pyridine rings is 1. The third-order valence-electron chi connectivity index (χ3n) is 3.41. The van der Waals surface area contributed by atoms with E-state index in [0.717, 1.165) is 23.4 Å². The fourth-order valence-corrected chi connectivity index (χ4v) is 1.93. The zero-order chi connectivity index (χ0) is 14.5. The minimum absolute atomic E-state index is 0.342. The summed E-state index contributed by atoms with van der Waals surface area (Å²) in [6.45, 7) is 6.30. The number of aryl methyl sites for hydroxylation is 1. The summed E-state index contributed by atoms with van der Waals surface area (Å²) < 4.78 is 0. The largest absolute Gasteiger partial charge is 0.367 e. The molecule has 0 aliphatic heterocycles. The fraction of sp³-hybridized carbons (Fsp3) is 0.294. The molecule has 0 radical (unpaired) electrons. The first-order valence-electron chi connectivity index (χ1n) is 6.99. The Morgan fingerprint density at radius 3 is 2.60 bits per heavy atom. The molecule has 0 bridgehead atoms. The van der Waals surface area contributed by atoms with Crippen molar-refractivity contribution >= 4 is 11.5 Å². The Morgan fingerprint density at radius 2 is 1.95 bits per heavy atom. The molecular formula is C17H21N3. The second kappa shape index (κ2) is 6.33. The van der Waals surface area contributed by atoms with E-state index in [1.807, 2.05) is 43.3 Å². The van der Waals surface area contributed by atoms with Crippen molar-refractivity contribution in [2.45, 2.75) is 33.2 Å². The highest BCUT2D eigenvalue weighted by Gasteiger charge is 2.12.